The number of fused-ring (bicyclic) bond motifs is 1. The quantitative estimate of drug-likeness (QED) is 0.735. The third kappa shape index (κ3) is 1.66. The summed E-state index contributed by atoms with van der Waals surface area (Å²) in [6.07, 6.45) is 4.58. The van der Waals surface area contributed by atoms with Crippen molar-refractivity contribution < 1.29 is 9.53 Å². The first kappa shape index (κ1) is 10.9. The summed E-state index contributed by atoms with van der Waals surface area (Å²) in [5, 5.41) is 0. The molecule has 2 atom stereocenters. The molecule has 1 saturated carbocycles. The van der Waals surface area contributed by atoms with Gasteiger partial charge in [0, 0.05) is 25.1 Å². The van der Waals surface area contributed by atoms with Gasteiger partial charge in [-0.3, -0.25) is 4.79 Å². The number of nitrogens with two attached hydrogens (primary N) is 1. The number of nitrogens with zero attached hydrogens (tertiary/aromatic N) is 1. The smallest absolute Gasteiger partial charge is 0.248 e. The summed E-state index contributed by atoms with van der Waals surface area (Å²) in [5.41, 5.74) is 6.10. The molecule has 0 aromatic heterocycles. The molecule has 2 aliphatic rings. The lowest BCUT2D eigenvalue weighted by molar-refractivity contribution is -0.136. The Morgan fingerprint density at radius 2 is 2.40 bits per heavy atom. The second-order valence-corrected chi connectivity index (χ2v) is 4.74. The monoisotopic (exact) mass is 212 g/mol. The van der Waals surface area contributed by atoms with Crippen LogP contribution in [0.15, 0.2) is 0 Å². The van der Waals surface area contributed by atoms with Gasteiger partial charge in [0.2, 0.25) is 5.91 Å². The Kier molecular flexibility index (Phi) is 2.98. The molecular weight excluding hydrogens is 192 g/mol. The maximum absolute atomic E-state index is 11.8. The average molecular weight is 212 g/mol. The molecule has 1 aliphatic heterocycles. The van der Waals surface area contributed by atoms with Gasteiger partial charge in [0.1, 0.15) is 6.61 Å². The molecule has 1 heterocycles. The Morgan fingerprint density at radius 3 is 3.07 bits per heavy atom. The van der Waals surface area contributed by atoms with E-state index in [0.29, 0.717) is 12.6 Å². The van der Waals surface area contributed by atoms with E-state index in [2.05, 4.69) is 0 Å². The molecule has 1 saturated heterocycles. The predicted octanol–water partition coefficient (Wildman–Crippen LogP) is 0.363. The van der Waals surface area contributed by atoms with Crippen LogP contribution in [0.2, 0.25) is 0 Å². The van der Waals surface area contributed by atoms with Crippen LogP contribution in [0.5, 0.6) is 0 Å². The van der Waals surface area contributed by atoms with Gasteiger partial charge in [0.05, 0.1) is 0 Å². The molecular formula is C11H20N2O2. The Balaban J connectivity index is 2.08. The minimum atomic E-state index is 0.125. The van der Waals surface area contributed by atoms with Crippen LogP contribution in [0, 0.1) is 5.41 Å². The second-order valence-electron chi connectivity index (χ2n) is 4.74. The number of methoxy groups -OCH3 is 1. The van der Waals surface area contributed by atoms with E-state index in [1.807, 2.05) is 4.90 Å². The Morgan fingerprint density at radius 1 is 1.60 bits per heavy atom. The fourth-order valence-electron chi connectivity index (χ4n) is 3.24. The van der Waals surface area contributed by atoms with Gasteiger partial charge in [-0.2, -0.15) is 0 Å². The normalized spacial score (nSPS) is 34.5. The highest BCUT2D eigenvalue weighted by atomic mass is 16.5. The van der Waals surface area contributed by atoms with E-state index in [0.717, 1.165) is 19.4 Å². The standard InChI is InChI=1S/C11H20N2O2/c1-15-7-10(14)13-6-5-11(8-12)4-2-3-9(11)13/h9H,2-8,12H2,1H3/t9-,11-/m1/s1. The van der Waals surface area contributed by atoms with E-state index in [1.54, 1.807) is 7.11 Å². The summed E-state index contributed by atoms with van der Waals surface area (Å²) in [4.78, 5) is 13.8. The van der Waals surface area contributed by atoms with Crippen LogP contribution in [0.3, 0.4) is 0 Å². The van der Waals surface area contributed by atoms with Crippen molar-refractivity contribution in [3.8, 4) is 0 Å². The molecule has 2 fully saturated rings. The fraction of sp³-hybridized carbons (Fsp3) is 0.909. The van der Waals surface area contributed by atoms with Gasteiger partial charge in [0.15, 0.2) is 0 Å². The number of amides is 1. The molecule has 4 heteroatoms. The van der Waals surface area contributed by atoms with Crippen molar-refractivity contribution in [2.24, 2.45) is 11.1 Å². The van der Waals surface area contributed by atoms with Gasteiger partial charge in [0.25, 0.3) is 0 Å². The molecule has 15 heavy (non-hydrogen) atoms. The topological polar surface area (TPSA) is 55.6 Å². The first-order valence-electron chi connectivity index (χ1n) is 5.72. The van der Waals surface area contributed by atoms with Crippen LogP contribution in [-0.2, 0) is 9.53 Å². The lowest BCUT2D eigenvalue weighted by Gasteiger charge is -2.31. The highest BCUT2D eigenvalue weighted by Crippen LogP contribution is 2.47. The average Bonchev–Trinajstić information content (AvgIpc) is 2.75. The number of hydrogen-bond donors (Lipinski definition) is 1. The van der Waals surface area contributed by atoms with E-state index in [4.69, 9.17) is 10.5 Å². The zero-order valence-electron chi connectivity index (χ0n) is 9.37. The molecule has 0 aromatic rings. The van der Waals surface area contributed by atoms with Crippen LogP contribution in [0.25, 0.3) is 0 Å². The van der Waals surface area contributed by atoms with Crippen molar-refractivity contribution in [3.05, 3.63) is 0 Å². The van der Waals surface area contributed by atoms with Gasteiger partial charge >= 0.3 is 0 Å². The van der Waals surface area contributed by atoms with Crippen LogP contribution < -0.4 is 5.73 Å². The van der Waals surface area contributed by atoms with E-state index in [9.17, 15) is 4.79 Å². The zero-order chi connectivity index (χ0) is 10.9. The van der Waals surface area contributed by atoms with Gasteiger partial charge in [-0.05, 0) is 25.8 Å². The number of ether oxygens (including phenoxy) is 1. The zero-order valence-corrected chi connectivity index (χ0v) is 9.37. The third-order valence-corrected chi connectivity index (χ3v) is 4.08. The molecule has 1 aliphatic carbocycles. The lowest BCUT2D eigenvalue weighted by atomic mass is 9.82. The summed E-state index contributed by atoms with van der Waals surface area (Å²) in [6, 6.07) is 0.380. The van der Waals surface area contributed by atoms with Crippen molar-refractivity contribution in [2.45, 2.75) is 31.7 Å². The fourth-order valence-corrected chi connectivity index (χ4v) is 3.24. The predicted molar refractivity (Wildman–Crippen MR) is 57.3 cm³/mol. The summed E-state index contributed by atoms with van der Waals surface area (Å²) in [5.74, 6) is 0.125. The molecule has 1 amide bonds. The minimum absolute atomic E-state index is 0.125. The highest BCUT2D eigenvalue weighted by Gasteiger charge is 2.50. The lowest BCUT2D eigenvalue weighted by Crippen LogP contribution is -2.43. The SMILES string of the molecule is COCC(=O)N1CC[C@@]2(CN)CCC[C@@H]12. The Bertz CT molecular complexity index is 257. The number of hydrogen-bond acceptors (Lipinski definition) is 3. The van der Waals surface area contributed by atoms with E-state index in [-0.39, 0.29) is 17.9 Å². The van der Waals surface area contributed by atoms with Gasteiger partial charge < -0.3 is 15.4 Å². The minimum Gasteiger partial charge on any atom is -0.375 e. The van der Waals surface area contributed by atoms with Crippen molar-refractivity contribution in [1.82, 2.24) is 4.90 Å². The van der Waals surface area contributed by atoms with Crippen LogP contribution >= 0.6 is 0 Å². The highest BCUT2D eigenvalue weighted by molar-refractivity contribution is 5.78. The van der Waals surface area contributed by atoms with Crippen molar-refractivity contribution in [3.63, 3.8) is 0 Å². The molecule has 0 aromatic carbocycles. The first-order valence-corrected chi connectivity index (χ1v) is 5.72. The molecule has 0 unspecified atom stereocenters. The second kappa shape index (κ2) is 4.10. The van der Waals surface area contributed by atoms with E-state index in [1.165, 1.54) is 12.8 Å². The van der Waals surface area contributed by atoms with Gasteiger partial charge in [-0.15, -0.1) is 0 Å². The summed E-state index contributed by atoms with van der Waals surface area (Å²) >= 11 is 0. The van der Waals surface area contributed by atoms with Crippen molar-refractivity contribution >= 4 is 5.91 Å². The van der Waals surface area contributed by atoms with Crippen molar-refractivity contribution in [2.75, 3.05) is 26.8 Å². The summed E-state index contributed by atoms with van der Waals surface area (Å²) < 4.78 is 4.91. The number of carbonyl (C=O) groups is 1. The number of likely N-dealkylation sites (tertiary alicyclic amines) is 1. The maximum atomic E-state index is 11.8. The molecule has 0 bridgehead atoms. The van der Waals surface area contributed by atoms with E-state index < -0.39 is 0 Å². The molecule has 0 radical (unpaired) electrons. The Hall–Kier alpha value is -0.610. The summed E-state index contributed by atoms with van der Waals surface area (Å²) in [7, 11) is 1.57. The number of rotatable bonds is 3. The Labute approximate surface area is 90.8 Å². The van der Waals surface area contributed by atoms with Crippen molar-refractivity contribution in [1.29, 1.82) is 0 Å². The summed E-state index contributed by atoms with van der Waals surface area (Å²) in [6.45, 7) is 1.79. The largest absolute Gasteiger partial charge is 0.375 e. The maximum Gasteiger partial charge on any atom is 0.248 e. The molecule has 4 nitrogen and oxygen atoms in total. The van der Waals surface area contributed by atoms with E-state index >= 15 is 0 Å². The van der Waals surface area contributed by atoms with Crippen LogP contribution in [-0.4, -0.2) is 43.7 Å². The number of carbonyl (C=O) groups excluding carboxylic acids is 1. The first-order chi connectivity index (χ1) is 7.23. The molecule has 2 N–H and O–H groups in total. The third-order valence-electron chi connectivity index (χ3n) is 4.08. The van der Waals surface area contributed by atoms with Gasteiger partial charge in [-0.1, -0.05) is 6.42 Å². The molecule has 0 spiro atoms. The van der Waals surface area contributed by atoms with Crippen LogP contribution in [0.1, 0.15) is 25.7 Å². The molecule has 2 rings (SSSR count). The van der Waals surface area contributed by atoms with Crippen LogP contribution in [0.4, 0.5) is 0 Å². The molecule has 86 valence electrons. The van der Waals surface area contributed by atoms with Gasteiger partial charge in [-0.25, -0.2) is 0 Å².